The number of benzene rings is 2. The van der Waals surface area contributed by atoms with Crippen molar-refractivity contribution in [2.45, 2.75) is 62.0 Å². The minimum atomic E-state index is -1.70. The zero-order chi connectivity index (χ0) is 39.4. The molecule has 56 heavy (non-hydrogen) atoms. The lowest BCUT2D eigenvalue weighted by Gasteiger charge is -2.39. The van der Waals surface area contributed by atoms with Crippen LogP contribution in [0.5, 0.6) is 0 Å². The van der Waals surface area contributed by atoms with E-state index < -0.39 is 36.1 Å². The van der Waals surface area contributed by atoms with Crippen LogP contribution in [0, 0.1) is 0 Å². The summed E-state index contributed by atoms with van der Waals surface area (Å²) >= 11 is 2.69. The Balaban J connectivity index is 1.19. The molecule has 4 heterocycles. The van der Waals surface area contributed by atoms with Gasteiger partial charge in [-0.15, -0.1) is 22.7 Å². The average molecular weight is 809 g/mol. The summed E-state index contributed by atoms with van der Waals surface area (Å²) < 4.78 is 50.1. The van der Waals surface area contributed by atoms with Crippen molar-refractivity contribution >= 4 is 34.6 Å². The molecule has 0 bridgehead atoms. The lowest BCUT2D eigenvalue weighted by Crippen LogP contribution is -2.49. The summed E-state index contributed by atoms with van der Waals surface area (Å²) in [6.07, 6.45) is -0.356. The summed E-state index contributed by atoms with van der Waals surface area (Å²) in [6.45, 7) is 1.67. The van der Waals surface area contributed by atoms with Crippen molar-refractivity contribution in [3.63, 3.8) is 0 Å². The van der Waals surface area contributed by atoms with E-state index in [0.29, 0.717) is 35.7 Å². The van der Waals surface area contributed by atoms with Crippen LogP contribution in [0.15, 0.2) is 95.7 Å². The van der Waals surface area contributed by atoms with Crippen LogP contribution in [-0.2, 0) is 71.9 Å². The molecule has 14 heteroatoms. The molecule has 2 aliphatic rings. The Kier molecular flexibility index (Phi) is 15.2. The van der Waals surface area contributed by atoms with Crippen LogP contribution in [-0.4, -0.2) is 114 Å². The molecule has 0 amide bonds. The summed E-state index contributed by atoms with van der Waals surface area (Å²) in [7, 11) is 7.62. The van der Waals surface area contributed by atoms with Crippen LogP contribution < -0.4 is 0 Å². The van der Waals surface area contributed by atoms with Gasteiger partial charge in [-0.2, -0.15) is 0 Å². The molecule has 0 saturated carbocycles. The molecule has 0 spiro atoms. The number of nitrogens with zero attached hydrogens (tertiary/aromatic N) is 2. The van der Waals surface area contributed by atoms with Crippen molar-refractivity contribution in [2.24, 2.45) is 0 Å². The summed E-state index contributed by atoms with van der Waals surface area (Å²) in [5.74, 6) is -5.87. The molecule has 2 aliphatic heterocycles. The van der Waals surface area contributed by atoms with Gasteiger partial charge in [-0.1, -0.05) is 72.8 Å². The maximum atomic E-state index is 14.1. The number of rotatable bonds is 18. The molecule has 6 rings (SSSR count). The third kappa shape index (κ3) is 11.8. The molecule has 2 fully saturated rings. The van der Waals surface area contributed by atoms with Crippen LogP contribution >= 0.6 is 22.7 Å². The van der Waals surface area contributed by atoms with Crippen molar-refractivity contribution in [2.75, 3.05) is 67.7 Å². The molecule has 6 unspecified atom stereocenters. The normalized spacial score (nSPS) is 22.3. The second-order valence-electron chi connectivity index (χ2n) is 14.4. The van der Waals surface area contributed by atoms with Gasteiger partial charge in [-0.05, 0) is 62.2 Å². The second kappa shape index (κ2) is 20.2. The SMILES string of the molecule is CN(C)CCC(OC(=O)C(=O)OC(CCN(C)C)(OC1COC(Cc2ccccc2)CO1)c1cccs1)(OC1COC(Cc2ccccc2)CO1)c1cccs1. The third-order valence-electron chi connectivity index (χ3n) is 9.38. The molecular weight excluding hydrogens is 757 g/mol. The van der Waals surface area contributed by atoms with E-state index in [0.717, 1.165) is 11.1 Å². The predicted octanol–water partition coefficient (Wildman–Crippen LogP) is 5.81. The minimum Gasteiger partial charge on any atom is -0.419 e. The highest BCUT2D eigenvalue weighted by molar-refractivity contribution is 7.10. The summed E-state index contributed by atoms with van der Waals surface area (Å²) in [5.41, 5.74) is 2.27. The quantitative estimate of drug-likeness (QED) is 0.0688. The fraction of sp³-hybridized carbons (Fsp3) is 0.476. The van der Waals surface area contributed by atoms with Crippen molar-refractivity contribution in [1.29, 1.82) is 0 Å². The monoisotopic (exact) mass is 808 g/mol. The number of ether oxygens (including phenoxy) is 8. The van der Waals surface area contributed by atoms with E-state index in [4.69, 9.17) is 37.9 Å². The highest BCUT2D eigenvalue weighted by atomic mass is 32.1. The number of carbonyl (C=O) groups excluding carboxylic acids is 2. The Morgan fingerprint density at radius 2 is 1.00 bits per heavy atom. The first-order valence-corrected chi connectivity index (χ1v) is 20.6. The van der Waals surface area contributed by atoms with Crippen molar-refractivity contribution in [3.05, 3.63) is 117 Å². The van der Waals surface area contributed by atoms with Crippen molar-refractivity contribution in [3.8, 4) is 0 Å². The number of hydrogen-bond acceptors (Lipinski definition) is 14. The molecule has 0 N–H and O–H groups in total. The zero-order valence-corrected chi connectivity index (χ0v) is 34.0. The Hall–Kier alpha value is -3.54. The van der Waals surface area contributed by atoms with Crippen molar-refractivity contribution < 1.29 is 47.5 Å². The van der Waals surface area contributed by atoms with Crippen LogP contribution in [0.1, 0.15) is 33.7 Å². The van der Waals surface area contributed by atoms with E-state index in [1.165, 1.54) is 22.7 Å². The molecular formula is C42H52N2O10S2. The molecule has 6 atom stereocenters. The predicted molar refractivity (Wildman–Crippen MR) is 212 cm³/mol. The van der Waals surface area contributed by atoms with Crippen LogP contribution in [0.4, 0.5) is 0 Å². The molecule has 2 aromatic heterocycles. The smallest absolute Gasteiger partial charge is 0.419 e. The lowest BCUT2D eigenvalue weighted by atomic mass is 10.1. The number of thiophene rings is 2. The maximum Gasteiger partial charge on any atom is 0.420 e. The first kappa shape index (κ1) is 42.1. The molecule has 0 aliphatic carbocycles. The van der Waals surface area contributed by atoms with Gasteiger partial charge in [0.15, 0.2) is 12.6 Å². The molecule has 2 saturated heterocycles. The standard InChI is InChI=1S/C42H52N2O10S2/c1-43(2)21-19-41(35-17-11-23-55-35,51-37-29-47-33(27-49-37)25-31-13-7-5-8-14-31)53-39(45)40(46)54-42(20-22-44(3)4,36-18-12-24-56-36)52-38-30-48-34(28-50-38)26-32-15-9-6-10-16-32/h5-18,23-24,33-34,37-38H,19-22,25-30H2,1-4H3. The largest absolute Gasteiger partial charge is 0.420 e. The molecule has 12 nitrogen and oxygen atoms in total. The Bertz CT molecular complexity index is 1620. The number of hydrogen-bond donors (Lipinski definition) is 0. The Morgan fingerprint density at radius 1 is 0.589 bits per heavy atom. The second-order valence-corrected chi connectivity index (χ2v) is 16.3. The van der Waals surface area contributed by atoms with Crippen LogP contribution in [0.25, 0.3) is 0 Å². The topological polar surface area (TPSA) is 114 Å². The fourth-order valence-electron chi connectivity index (χ4n) is 6.45. The third-order valence-corrected chi connectivity index (χ3v) is 11.4. The van der Waals surface area contributed by atoms with E-state index in [1.54, 1.807) is 0 Å². The van der Waals surface area contributed by atoms with Crippen LogP contribution in [0.3, 0.4) is 0 Å². The first-order valence-electron chi connectivity index (χ1n) is 18.8. The van der Waals surface area contributed by atoms with Crippen molar-refractivity contribution in [1.82, 2.24) is 9.80 Å². The van der Waals surface area contributed by atoms with Crippen LogP contribution in [0.2, 0.25) is 0 Å². The lowest BCUT2D eigenvalue weighted by molar-refractivity contribution is -0.343. The van der Waals surface area contributed by atoms with Gasteiger partial charge in [-0.25, -0.2) is 9.59 Å². The van der Waals surface area contributed by atoms with Gasteiger partial charge in [0, 0.05) is 38.8 Å². The molecule has 302 valence electrons. The Morgan fingerprint density at radius 3 is 1.32 bits per heavy atom. The maximum absolute atomic E-state index is 14.1. The Labute approximate surface area is 337 Å². The van der Waals surface area contributed by atoms with E-state index >= 15 is 0 Å². The summed E-state index contributed by atoms with van der Waals surface area (Å²) in [5, 5.41) is 3.72. The molecule has 2 aromatic carbocycles. The van der Waals surface area contributed by atoms with Gasteiger partial charge < -0.3 is 47.7 Å². The van der Waals surface area contributed by atoms with Gasteiger partial charge in [-0.3, -0.25) is 0 Å². The van der Waals surface area contributed by atoms with Gasteiger partial charge in [0.05, 0.1) is 48.4 Å². The van der Waals surface area contributed by atoms with Gasteiger partial charge in [0.2, 0.25) is 0 Å². The highest BCUT2D eigenvalue weighted by Gasteiger charge is 2.48. The van der Waals surface area contributed by atoms with Gasteiger partial charge >= 0.3 is 11.9 Å². The first-order chi connectivity index (χ1) is 27.1. The molecule has 0 radical (unpaired) electrons. The number of esters is 2. The fourth-order valence-corrected chi connectivity index (χ4v) is 8.11. The average Bonchev–Trinajstić information content (AvgIpc) is 3.95. The highest BCUT2D eigenvalue weighted by Crippen LogP contribution is 2.40. The van der Waals surface area contributed by atoms with Gasteiger partial charge in [0.1, 0.15) is 0 Å². The zero-order valence-electron chi connectivity index (χ0n) is 32.4. The minimum absolute atomic E-state index is 0.101. The summed E-state index contributed by atoms with van der Waals surface area (Å²) in [6, 6.07) is 27.4. The van der Waals surface area contributed by atoms with E-state index in [9.17, 15) is 9.59 Å². The molecule has 4 aromatic rings. The number of carbonyl (C=O) groups is 2. The van der Waals surface area contributed by atoms with E-state index in [-0.39, 0.29) is 51.5 Å². The summed E-state index contributed by atoms with van der Waals surface area (Å²) in [4.78, 5) is 33.3. The van der Waals surface area contributed by atoms with Gasteiger partial charge in [0.25, 0.3) is 11.6 Å². The van der Waals surface area contributed by atoms with E-state index in [2.05, 4.69) is 0 Å². The van der Waals surface area contributed by atoms with E-state index in [1.807, 2.05) is 134 Å².